The van der Waals surface area contributed by atoms with E-state index >= 15 is 0 Å². The van der Waals surface area contributed by atoms with Crippen LogP contribution >= 0.6 is 7.82 Å². The van der Waals surface area contributed by atoms with Gasteiger partial charge in [0.2, 0.25) is 5.76 Å². The second-order valence-electron chi connectivity index (χ2n) is 4.19. The fourth-order valence-electron chi connectivity index (χ4n) is 1.72. The molecule has 0 aliphatic heterocycles. The number of rotatable bonds is 6. The fourth-order valence-corrected chi connectivity index (χ4v) is 2.27. The molecule has 3 atom stereocenters. The van der Waals surface area contributed by atoms with Crippen LogP contribution in [0.1, 0.15) is 6.42 Å². The summed E-state index contributed by atoms with van der Waals surface area (Å²) in [5, 5.41) is 27.4. The first-order chi connectivity index (χ1) is 10.0. The maximum atomic E-state index is 12.4. The third-order valence-corrected chi connectivity index (χ3v) is 3.17. The summed E-state index contributed by atoms with van der Waals surface area (Å²) >= 11 is 0. The van der Waals surface area contributed by atoms with Crippen LogP contribution in [0.3, 0.4) is 0 Å². The Hall–Kier alpha value is -1.78. The lowest BCUT2D eigenvalue weighted by Crippen LogP contribution is -2.43. The van der Waals surface area contributed by atoms with Crippen molar-refractivity contribution in [1.29, 1.82) is 0 Å². The number of aliphatic carboxylic acids is 2. The van der Waals surface area contributed by atoms with Crippen molar-refractivity contribution in [3.8, 4) is 0 Å². The van der Waals surface area contributed by atoms with Gasteiger partial charge in [-0.2, -0.15) is 0 Å². The molecule has 1 aliphatic rings. The standard InChI is InChI=1S/C10H12FO10P/c11-3-7(10(15)16)20-5-1-4(9(13)14)2-6(8(5)12)21-22(17,18)19/h1,3,5-6,8,12H,2H2,(H,13,14)(H,15,16)(H2,17,18,19)/b7-3-/t5-,6-,8+/m1/s1. The number of carboxylic acid groups (broad SMARTS) is 2. The predicted molar refractivity (Wildman–Crippen MR) is 65.0 cm³/mol. The summed E-state index contributed by atoms with van der Waals surface area (Å²) in [4.78, 5) is 39.0. The molecule has 1 aliphatic carbocycles. The van der Waals surface area contributed by atoms with E-state index in [1.165, 1.54) is 0 Å². The molecule has 22 heavy (non-hydrogen) atoms. The molecule has 0 aromatic rings. The Morgan fingerprint density at radius 1 is 1.36 bits per heavy atom. The quantitative estimate of drug-likeness (QED) is 0.241. The van der Waals surface area contributed by atoms with Crippen molar-refractivity contribution in [3.63, 3.8) is 0 Å². The highest BCUT2D eigenvalue weighted by molar-refractivity contribution is 7.46. The normalized spacial score (nSPS) is 26.3. The zero-order valence-electron chi connectivity index (χ0n) is 10.7. The number of aliphatic hydroxyl groups excluding tert-OH is 1. The summed E-state index contributed by atoms with van der Waals surface area (Å²) in [6, 6.07) is 0. The first kappa shape index (κ1) is 18.3. The molecule has 12 heteroatoms. The van der Waals surface area contributed by atoms with Gasteiger partial charge in [-0.15, -0.1) is 0 Å². The number of hydrogen-bond donors (Lipinski definition) is 5. The minimum atomic E-state index is -5.06. The molecule has 0 aromatic heterocycles. The van der Waals surface area contributed by atoms with Crippen LogP contribution in [0.5, 0.6) is 0 Å². The predicted octanol–water partition coefficient (Wildman–Crippen LogP) is -0.479. The molecule has 0 unspecified atom stereocenters. The minimum absolute atomic E-state index is 0.420. The number of aliphatic hydroxyl groups is 1. The number of carboxylic acids is 2. The van der Waals surface area contributed by atoms with E-state index in [1.54, 1.807) is 0 Å². The molecule has 0 amide bonds. The van der Waals surface area contributed by atoms with Crippen LogP contribution in [0.15, 0.2) is 23.7 Å². The van der Waals surface area contributed by atoms with Gasteiger partial charge in [-0.3, -0.25) is 4.52 Å². The minimum Gasteiger partial charge on any atom is -0.478 e. The van der Waals surface area contributed by atoms with Crippen LogP contribution in [-0.2, 0) is 23.4 Å². The molecule has 0 saturated carbocycles. The average molecular weight is 342 g/mol. The van der Waals surface area contributed by atoms with Crippen molar-refractivity contribution < 1.29 is 52.9 Å². The van der Waals surface area contributed by atoms with Crippen LogP contribution in [0.4, 0.5) is 4.39 Å². The van der Waals surface area contributed by atoms with Crippen molar-refractivity contribution in [2.24, 2.45) is 0 Å². The van der Waals surface area contributed by atoms with E-state index < -0.39 is 62.2 Å². The number of phosphoric ester groups is 1. The van der Waals surface area contributed by atoms with E-state index in [-0.39, 0.29) is 0 Å². The Morgan fingerprint density at radius 2 is 1.95 bits per heavy atom. The maximum absolute atomic E-state index is 12.4. The van der Waals surface area contributed by atoms with Crippen molar-refractivity contribution in [2.75, 3.05) is 0 Å². The molecule has 5 N–H and O–H groups in total. The third kappa shape index (κ3) is 4.90. The van der Waals surface area contributed by atoms with Crippen molar-refractivity contribution in [2.45, 2.75) is 24.7 Å². The van der Waals surface area contributed by atoms with Gasteiger partial charge in [0.15, 0.2) is 0 Å². The van der Waals surface area contributed by atoms with Crippen LogP contribution in [0, 0.1) is 0 Å². The largest absolute Gasteiger partial charge is 0.478 e. The number of carbonyl (C=O) groups is 2. The van der Waals surface area contributed by atoms with Gasteiger partial charge in [0.25, 0.3) is 0 Å². The molecule has 0 spiro atoms. The van der Waals surface area contributed by atoms with E-state index in [2.05, 4.69) is 9.26 Å². The molecule has 124 valence electrons. The Balaban J connectivity index is 3.07. The topological polar surface area (TPSA) is 171 Å². The zero-order valence-corrected chi connectivity index (χ0v) is 11.6. The Morgan fingerprint density at radius 3 is 2.36 bits per heavy atom. The summed E-state index contributed by atoms with van der Waals surface area (Å²) in [6.45, 7) is 0. The molecule has 1 rings (SSSR count). The van der Waals surface area contributed by atoms with Crippen LogP contribution < -0.4 is 0 Å². The van der Waals surface area contributed by atoms with E-state index in [0.29, 0.717) is 0 Å². The van der Waals surface area contributed by atoms with Crippen LogP contribution in [0.2, 0.25) is 0 Å². The SMILES string of the molecule is O=C(O)C1=C[C@@H](O/C(=C\F)C(=O)O)[C@H](O)[C@H](OP(=O)(O)O)C1. The molecule has 0 saturated heterocycles. The monoisotopic (exact) mass is 342 g/mol. The number of hydrogen-bond acceptors (Lipinski definition) is 6. The number of phosphoric acid groups is 1. The molecule has 10 nitrogen and oxygen atoms in total. The van der Waals surface area contributed by atoms with E-state index in [4.69, 9.17) is 20.0 Å². The lowest BCUT2D eigenvalue weighted by molar-refractivity contribution is -0.140. The van der Waals surface area contributed by atoms with Crippen molar-refractivity contribution >= 4 is 19.8 Å². The summed E-state index contributed by atoms with van der Waals surface area (Å²) < 4.78 is 32.0. The van der Waals surface area contributed by atoms with E-state index in [0.717, 1.165) is 6.08 Å². The second-order valence-corrected chi connectivity index (χ2v) is 5.38. The molecular weight excluding hydrogens is 330 g/mol. The molecule has 0 radical (unpaired) electrons. The summed E-state index contributed by atoms with van der Waals surface area (Å²) in [6.07, 6.45) is -5.38. The van der Waals surface area contributed by atoms with Gasteiger partial charge in [-0.1, -0.05) is 0 Å². The van der Waals surface area contributed by atoms with Crippen molar-refractivity contribution in [3.05, 3.63) is 23.7 Å². The van der Waals surface area contributed by atoms with Crippen LogP contribution in [-0.4, -0.2) is 55.4 Å². The van der Waals surface area contributed by atoms with Gasteiger partial charge in [-0.05, 0) is 6.08 Å². The van der Waals surface area contributed by atoms with Gasteiger partial charge in [0.1, 0.15) is 24.6 Å². The lowest BCUT2D eigenvalue weighted by atomic mass is 9.92. The lowest BCUT2D eigenvalue weighted by Gasteiger charge is -2.32. The molecule has 0 fully saturated rings. The Kier molecular flexibility index (Phi) is 5.80. The zero-order chi connectivity index (χ0) is 17.1. The van der Waals surface area contributed by atoms with Gasteiger partial charge >= 0.3 is 19.8 Å². The van der Waals surface area contributed by atoms with Crippen LogP contribution in [0.25, 0.3) is 0 Å². The highest BCUT2D eigenvalue weighted by atomic mass is 31.2. The third-order valence-electron chi connectivity index (χ3n) is 2.62. The summed E-state index contributed by atoms with van der Waals surface area (Å²) in [7, 11) is -5.06. The van der Waals surface area contributed by atoms with E-state index in [1.807, 2.05) is 0 Å². The van der Waals surface area contributed by atoms with E-state index in [9.17, 15) is 23.7 Å². The van der Waals surface area contributed by atoms with Gasteiger partial charge < -0.3 is 29.8 Å². The second kappa shape index (κ2) is 6.99. The Labute approximate surface area is 122 Å². The van der Waals surface area contributed by atoms with Gasteiger partial charge in [0.05, 0.1) is 0 Å². The molecular formula is C10H12FO10P. The first-order valence-electron chi connectivity index (χ1n) is 5.61. The summed E-state index contributed by atoms with van der Waals surface area (Å²) in [5.74, 6) is -4.54. The molecule has 0 heterocycles. The first-order valence-corrected chi connectivity index (χ1v) is 7.14. The average Bonchev–Trinajstić information content (AvgIpc) is 2.37. The smallest absolute Gasteiger partial charge is 0.469 e. The fraction of sp³-hybridized carbons (Fsp3) is 0.400. The number of halogens is 1. The molecule has 0 bridgehead atoms. The van der Waals surface area contributed by atoms with Gasteiger partial charge in [0, 0.05) is 12.0 Å². The maximum Gasteiger partial charge on any atom is 0.469 e. The molecule has 0 aromatic carbocycles. The number of ether oxygens (including phenoxy) is 1. The summed E-state index contributed by atoms with van der Waals surface area (Å²) in [5.41, 5.74) is -0.447. The van der Waals surface area contributed by atoms with Crippen molar-refractivity contribution in [1.82, 2.24) is 0 Å². The Bertz CT molecular complexity index is 564. The van der Waals surface area contributed by atoms with Gasteiger partial charge in [-0.25, -0.2) is 18.5 Å². The highest BCUT2D eigenvalue weighted by Crippen LogP contribution is 2.41. The highest BCUT2D eigenvalue weighted by Gasteiger charge is 2.40.